The molecule has 2 fully saturated rings. The number of aromatic amines is 2. The Morgan fingerprint density at radius 2 is 1.15 bits per heavy atom. The Balaban J connectivity index is 0.000000142. The summed E-state index contributed by atoms with van der Waals surface area (Å²) in [7, 11) is 0. The van der Waals surface area contributed by atoms with Crippen LogP contribution >= 0.6 is 0 Å². The summed E-state index contributed by atoms with van der Waals surface area (Å²) < 4.78 is 75.2. The van der Waals surface area contributed by atoms with Crippen LogP contribution in [-0.4, -0.2) is 97.8 Å². The average Bonchev–Trinajstić information content (AvgIpc) is 4.07. The molecule has 0 spiro atoms. The number of aliphatic hydroxyl groups excluding tert-OH is 2. The molecule has 2 aromatic carbocycles. The maximum Gasteiger partial charge on any atom is 0.345 e. The Morgan fingerprint density at radius 3 is 1.64 bits per heavy atom. The van der Waals surface area contributed by atoms with Gasteiger partial charge >= 0.3 is 11.3 Å². The molecule has 0 unspecified atom stereocenters. The van der Waals surface area contributed by atoms with Crippen LogP contribution in [-0.2, 0) is 16.1 Å². The molecule has 4 aliphatic rings. The number of H-pyrrole nitrogens is 2. The summed E-state index contributed by atoms with van der Waals surface area (Å²) in [6, 6.07) is 13.2. The number of aldehydes is 1. The number of benzene rings is 2. The lowest BCUT2D eigenvalue weighted by Gasteiger charge is -2.44. The van der Waals surface area contributed by atoms with Crippen molar-refractivity contribution in [2.45, 2.75) is 81.1 Å². The van der Waals surface area contributed by atoms with E-state index in [-0.39, 0.29) is 78.7 Å². The summed E-state index contributed by atoms with van der Waals surface area (Å²) in [5, 5.41) is 24.5. The lowest BCUT2D eigenvalue weighted by molar-refractivity contribution is -0.122. The monoisotopic (exact) mass is 1040 g/mol. The van der Waals surface area contributed by atoms with Gasteiger partial charge in [-0.3, -0.25) is 14.4 Å². The van der Waals surface area contributed by atoms with Gasteiger partial charge in [0.05, 0.1) is 53.1 Å². The van der Waals surface area contributed by atoms with E-state index in [4.69, 9.17) is 24.0 Å². The smallest absolute Gasteiger partial charge is 0.345 e. The van der Waals surface area contributed by atoms with E-state index < -0.39 is 45.6 Å². The van der Waals surface area contributed by atoms with Gasteiger partial charge in [-0.25, -0.2) is 37.1 Å². The summed E-state index contributed by atoms with van der Waals surface area (Å²) in [6.07, 6.45) is 7.58. The molecule has 23 heteroatoms. The quantitative estimate of drug-likeness (QED) is 0.0584. The Labute approximate surface area is 421 Å². The number of rotatable bonds is 8. The van der Waals surface area contributed by atoms with Gasteiger partial charge in [0, 0.05) is 58.3 Å². The highest BCUT2D eigenvalue weighted by Gasteiger charge is 2.41. The second-order valence-electron chi connectivity index (χ2n) is 19.1. The van der Waals surface area contributed by atoms with E-state index in [1.165, 1.54) is 54.6 Å². The molecule has 2 amide bonds. The fraction of sp³-hybridized carbons (Fsp3) is 0.327. The first-order chi connectivity index (χ1) is 36.1. The molecule has 2 aliphatic heterocycles. The molecule has 390 valence electrons. The molecule has 0 bridgehead atoms. The zero-order valence-corrected chi connectivity index (χ0v) is 39.8. The molecule has 6 aromatic heterocycles. The number of carbonyl (C=O) groups is 3. The van der Waals surface area contributed by atoms with E-state index in [1.807, 2.05) is 0 Å². The Kier molecular flexibility index (Phi) is 13.7. The second-order valence-corrected chi connectivity index (χ2v) is 19.1. The summed E-state index contributed by atoms with van der Waals surface area (Å²) in [5.41, 5.74) is 6.93. The minimum Gasteiger partial charge on any atom is -0.466 e. The normalized spacial score (nSPS) is 21.4. The third-order valence-electron chi connectivity index (χ3n) is 14.3. The predicted octanol–water partition coefficient (Wildman–Crippen LogP) is 5.94. The predicted molar refractivity (Wildman–Crippen MR) is 264 cm³/mol. The molecule has 7 N–H and O–H groups in total. The maximum absolute atomic E-state index is 13.9. The number of halogens is 4. The Hall–Kier alpha value is -7.99. The van der Waals surface area contributed by atoms with Gasteiger partial charge in [0.1, 0.15) is 45.8 Å². The van der Waals surface area contributed by atoms with E-state index in [0.717, 1.165) is 12.4 Å². The zero-order valence-electron chi connectivity index (χ0n) is 39.8. The molecule has 0 saturated heterocycles. The molecule has 8 heterocycles. The van der Waals surface area contributed by atoms with Crippen LogP contribution in [0.2, 0.25) is 0 Å². The van der Waals surface area contributed by atoms with Gasteiger partial charge in [-0.1, -0.05) is 0 Å². The highest BCUT2D eigenvalue weighted by Crippen LogP contribution is 2.40. The molecule has 8 aromatic rings. The maximum atomic E-state index is 13.9. The van der Waals surface area contributed by atoms with Crippen LogP contribution in [0.3, 0.4) is 0 Å². The first-order valence-electron chi connectivity index (χ1n) is 24.0. The Morgan fingerprint density at radius 1 is 0.653 bits per heavy atom. The van der Waals surface area contributed by atoms with Gasteiger partial charge in [-0.05, 0) is 99.9 Å². The van der Waals surface area contributed by atoms with Crippen molar-refractivity contribution in [3.8, 4) is 11.8 Å². The number of amides is 2. The number of nitrogens with zero attached hydrogens (tertiary/aromatic N) is 4. The molecule has 2 aliphatic carbocycles. The SMILES string of the molecule is NC1(CO)CCC(N2C(=O)COc3ncc(F)cc32)CC1.O=C1COc2ncc(F)cc2N1C1CCC(CO)(NCc2cc3c(=O)oc4ccc(F)cc4c3[nH]2)CC1.O=Cc1cc2c(=O)oc3ccc(F)cc3c2[nH]1. The third-order valence-corrected chi connectivity index (χ3v) is 14.3. The highest BCUT2D eigenvalue weighted by atomic mass is 19.1. The Bertz CT molecular complexity index is 3640. The minimum atomic E-state index is -0.606. The molecule has 0 atom stereocenters. The number of nitrogens with two attached hydrogens (primary N) is 1. The molecular formula is C52H48F4N8O11. The van der Waals surface area contributed by atoms with E-state index in [0.29, 0.717) is 114 Å². The van der Waals surface area contributed by atoms with Gasteiger partial charge in [0.15, 0.2) is 19.5 Å². The number of anilines is 2. The largest absolute Gasteiger partial charge is 0.466 e. The number of hydrogen-bond donors (Lipinski definition) is 6. The van der Waals surface area contributed by atoms with Crippen molar-refractivity contribution in [2.75, 3.05) is 36.2 Å². The standard InChI is InChI=1S/C26H24F2N4O5.C14H18FN3O3.C12H6FNO3/c27-14-1-2-21-18(7-14)23-19(25(35)37-21)9-16(31-23)11-30-26(13-33)5-3-17(4-6-26)32-20-8-15(28)10-29-24(20)36-12-22(32)34;15-9-5-11-13(17-6-9)21-7-12(20)18(11)10-1-3-14(16,8-19)4-2-10;13-6-1-2-10-8(3-6)11-9(12(16)17-10)4-7(5-15)14-11/h1-2,7-10,17,30-31,33H,3-6,11-13H2;5-6,10,19H,1-4,7-8,16H2;1-5,14H. The van der Waals surface area contributed by atoms with Crippen molar-refractivity contribution in [1.82, 2.24) is 25.3 Å². The van der Waals surface area contributed by atoms with Crippen LogP contribution < -0.4 is 41.6 Å². The lowest BCUT2D eigenvalue weighted by atomic mass is 9.79. The number of nitrogens with one attached hydrogen (secondary N) is 3. The molecule has 12 rings (SSSR count). The molecule has 2 saturated carbocycles. The number of hydrogen-bond acceptors (Lipinski definition) is 15. The van der Waals surface area contributed by atoms with Crippen LogP contribution in [0.1, 0.15) is 67.5 Å². The fourth-order valence-corrected chi connectivity index (χ4v) is 10.3. The van der Waals surface area contributed by atoms with Gasteiger partial charge in [-0.2, -0.15) is 0 Å². The van der Waals surface area contributed by atoms with Crippen LogP contribution in [0.4, 0.5) is 28.9 Å². The third kappa shape index (κ3) is 10.1. The van der Waals surface area contributed by atoms with Crippen LogP contribution in [0.15, 0.2) is 91.5 Å². The van der Waals surface area contributed by atoms with Gasteiger partial charge in [0.25, 0.3) is 11.8 Å². The van der Waals surface area contributed by atoms with Crippen molar-refractivity contribution in [2.24, 2.45) is 5.73 Å². The van der Waals surface area contributed by atoms with E-state index in [2.05, 4.69) is 25.3 Å². The molecule has 75 heavy (non-hydrogen) atoms. The van der Waals surface area contributed by atoms with Crippen molar-refractivity contribution in [3.63, 3.8) is 0 Å². The first kappa shape index (κ1) is 50.5. The number of aliphatic hydroxyl groups is 2. The van der Waals surface area contributed by atoms with Crippen LogP contribution in [0, 0.1) is 23.3 Å². The number of carbonyl (C=O) groups excluding carboxylic acids is 3. The van der Waals surface area contributed by atoms with Crippen molar-refractivity contribution >= 4 is 73.2 Å². The number of fused-ring (bicyclic) bond motifs is 8. The van der Waals surface area contributed by atoms with E-state index in [1.54, 1.807) is 15.9 Å². The summed E-state index contributed by atoms with van der Waals surface area (Å²) in [6.45, 7) is -0.109. The van der Waals surface area contributed by atoms with Gasteiger partial charge in [0.2, 0.25) is 11.8 Å². The summed E-state index contributed by atoms with van der Waals surface area (Å²) in [5.74, 6) is -1.87. The fourth-order valence-electron chi connectivity index (χ4n) is 10.3. The summed E-state index contributed by atoms with van der Waals surface area (Å²) >= 11 is 0. The topological polar surface area (TPSA) is 272 Å². The van der Waals surface area contributed by atoms with Crippen molar-refractivity contribution < 1.29 is 60.5 Å². The van der Waals surface area contributed by atoms with Crippen molar-refractivity contribution in [1.29, 1.82) is 0 Å². The second kappa shape index (κ2) is 20.4. The van der Waals surface area contributed by atoms with Gasteiger partial charge < -0.3 is 59.3 Å². The number of ether oxygens (including phenoxy) is 2. The van der Waals surface area contributed by atoms with Crippen LogP contribution in [0.5, 0.6) is 11.8 Å². The van der Waals surface area contributed by atoms with Gasteiger partial charge in [-0.15, -0.1) is 0 Å². The van der Waals surface area contributed by atoms with Crippen LogP contribution in [0.25, 0.3) is 43.7 Å². The molecule has 0 radical (unpaired) electrons. The first-order valence-corrected chi connectivity index (χ1v) is 24.0. The zero-order chi connectivity index (χ0) is 52.8. The van der Waals surface area contributed by atoms with E-state index >= 15 is 0 Å². The van der Waals surface area contributed by atoms with Crippen molar-refractivity contribution in [3.05, 3.63) is 129 Å². The highest BCUT2D eigenvalue weighted by molar-refractivity contribution is 6.04. The number of pyridine rings is 2. The minimum absolute atomic E-state index is 0.0630. The summed E-state index contributed by atoms with van der Waals surface area (Å²) in [4.78, 5) is 76.5. The van der Waals surface area contributed by atoms with E-state index in [9.17, 15) is 51.7 Å². The number of aromatic nitrogens is 4. The lowest BCUT2D eigenvalue weighted by Crippen LogP contribution is -2.55. The molecule has 19 nitrogen and oxygen atoms in total. The molecular weight excluding hydrogens is 989 g/mol. The average molecular weight is 1040 g/mol.